The lowest BCUT2D eigenvalue weighted by Gasteiger charge is -2.23. The van der Waals surface area contributed by atoms with Crippen LogP contribution < -0.4 is 4.74 Å². The molecule has 1 aliphatic rings. The number of hydrogen-bond acceptors (Lipinski definition) is 2. The molecule has 2 nitrogen and oxygen atoms in total. The summed E-state index contributed by atoms with van der Waals surface area (Å²) in [5.41, 5.74) is 2.81. The average Bonchev–Trinajstić information content (AvgIpc) is 3.08. The molecule has 0 unspecified atom stereocenters. The first-order valence-electron chi connectivity index (χ1n) is 6.68. The standard InChI is InChI=1S/C16H24O2/c1-15(2,3)13-9-12(5-6-14(13)18-4)10-16(11-17)7-8-16/h5-6,9,17H,7-8,10-11H2,1-4H3. The maximum Gasteiger partial charge on any atom is 0.122 e. The fourth-order valence-corrected chi connectivity index (χ4v) is 2.45. The van der Waals surface area contributed by atoms with E-state index in [0.717, 1.165) is 25.0 Å². The van der Waals surface area contributed by atoms with Gasteiger partial charge in [-0.15, -0.1) is 0 Å². The van der Waals surface area contributed by atoms with Crippen molar-refractivity contribution in [2.75, 3.05) is 13.7 Å². The van der Waals surface area contributed by atoms with E-state index in [1.807, 2.05) is 0 Å². The molecule has 0 spiro atoms. The van der Waals surface area contributed by atoms with Crippen LogP contribution in [0.25, 0.3) is 0 Å². The molecule has 1 saturated carbocycles. The van der Waals surface area contributed by atoms with E-state index < -0.39 is 0 Å². The smallest absolute Gasteiger partial charge is 0.122 e. The maximum absolute atomic E-state index is 9.42. The van der Waals surface area contributed by atoms with E-state index in [-0.39, 0.29) is 10.8 Å². The predicted molar refractivity (Wildman–Crippen MR) is 74.2 cm³/mol. The Morgan fingerprint density at radius 2 is 1.94 bits per heavy atom. The fourth-order valence-electron chi connectivity index (χ4n) is 2.45. The molecule has 1 fully saturated rings. The van der Waals surface area contributed by atoms with Crippen LogP contribution in [0.15, 0.2) is 18.2 Å². The third-order valence-corrected chi connectivity index (χ3v) is 3.94. The van der Waals surface area contributed by atoms with E-state index in [9.17, 15) is 5.11 Å². The summed E-state index contributed by atoms with van der Waals surface area (Å²) in [6.07, 6.45) is 3.29. The molecule has 1 aromatic carbocycles. The largest absolute Gasteiger partial charge is 0.496 e. The number of benzene rings is 1. The van der Waals surface area contributed by atoms with Gasteiger partial charge in [0.05, 0.1) is 7.11 Å². The van der Waals surface area contributed by atoms with Crippen LogP contribution in [-0.4, -0.2) is 18.8 Å². The first kappa shape index (κ1) is 13.4. The van der Waals surface area contributed by atoms with Gasteiger partial charge in [0.15, 0.2) is 0 Å². The van der Waals surface area contributed by atoms with Crippen molar-refractivity contribution >= 4 is 0 Å². The third-order valence-electron chi connectivity index (χ3n) is 3.94. The van der Waals surface area contributed by atoms with Gasteiger partial charge < -0.3 is 9.84 Å². The number of methoxy groups -OCH3 is 1. The molecule has 0 bridgehead atoms. The first-order valence-corrected chi connectivity index (χ1v) is 6.68. The molecule has 2 rings (SSSR count). The molecule has 0 heterocycles. The van der Waals surface area contributed by atoms with E-state index in [1.54, 1.807) is 7.11 Å². The molecule has 1 N–H and O–H groups in total. The zero-order valence-electron chi connectivity index (χ0n) is 11.9. The van der Waals surface area contributed by atoms with Gasteiger partial charge in [-0.3, -0.25) is 0 Å². The van der Waals surface area contributed by atoms with Crippen molar-refractivity contribution in [3.63, 3.8) is 0 Å². The monoisotopic (exact) mass is 248 g/mol. The van der Waals surface area contributed by atoms with Crippen LogP contribution >= 0.6 is 0 Å². The van der Waals surface area contributed by atoms with E-state index in [2.05, 4.69) is 39.0 Å². The molecule has 1 aromatic rings. The molecule has 100 valence electrons. The van der Waals surface area contributed by atoms with Gasteiger partial charge >= 0.3 is 0 Å². The SMILES string of the molecule is COc1ccc(CC2(CO)CC2)cc1C(C)(C)C. The van der Waals surface area contributed by atoms with Gasteiger partial charge in [0.25, 0.3) is 0 Å². The Bertz CT molecular complexity index is 425. The Morgan fingerprint density at radius 1 is 1.28 bits per heavy atom. The minimum atomic E-state index is 0.0806. The van der Waals surface area contributed by atoms with E-state index in [1.165, 1.54) is 11.1 Å². The Morgan fingerprint density at radius 3 is 2.39 bits per heavy atom. The topological polar surface area (TPSA) is 29.5 Å². The Balaban J connectivity index is 2.28. The molecule has 0 radical (unpaired) electrons. The zero-order chi connectivity index (χ0) is 13.4. The summed E-state index contributed by atoms with van der Waals surface area (Å²) in [6.45, 7) is 6.92. The van der Waals surface area contributed by atoms with Crippen LogP contribution in [0.2, 0.25) is 0 Å². The number of hydrogen-bond donors (Lipinski definition) is 1. The van der Waals surface area contributed by atoms with Crippen molar-refractivity contribution in [1.29, 1.82) is 0 Å². The fraction of sp³-hybridized carbons (Fsp3) is 0.625. The van der Waals surface area contributed by atoms with Crippen molar-refractivity contribution in [1.82, 2.24) is 0 Å². The van der Waals surface area contributed by atoms with Crippen LogP contribution in [0.1, 0.15) is 44.7 Å². The lowest BCUT2D eigenvalue weighted by Crippen LogP contribution is -2.15. The van der Waals surface area contributed by atoms with Crippen molar-refractivity contribution in [2.24, 2.45) is 5.41 Å². The van der Waals surface area contributed by atoms with Crippen LogP contribution in [0.5, 0.6) is 5.75 Å². The minimum Gasteiger partial charge on any atom is -0.496 e. The summed E-state index contributed by atoms with van der Waals surface area (Å²) < 4.78 is 5.45. The highest BCUT2D eigenvalue weighted by Crippen LogP contribution is 2.48. The predicted octanol–water partition coefficient (Wildman–Crippen LogP) is 3.31. The molecular weight excluding hydrogens is 224 g/mol. The summed E-state index contributed by atoms with van der Waals surface area (Å²) in [5, 5.41) is 9.42. The van der Waals surface area contributed by atoms with Gasteiger partial charge in [0, 0.05) is 6.61 Å². The molecule has 0 saturated heterocycles. The summed E-state index contributed by atoms with van der Waals surface area (Å²) in [4.78, 5) is 0. The number of aliphatic hydroxyl groups excluding tert-OH is 1. The van der Waals surface area contributed by atoms with Gasteiger partial charge in [-0.25, -0.2) is 0 Å². The van der Waals surface area contributed by atoms with Crippen molar-refractivity contribution in [2.45, 2.75) is 45.4 Å². The van der Waals surface area contributed by atoms with Gasteiger partial charge in [-0.1, -0.05) is 32.9 Å². The average molecular weight is 248 g/mol. The second-order valence-corrected chi connectivity index (χ2v) is 6.62. The highest BCUT2D eigenvalue weighted by atomic mass is 16.5. The minimum absolute atomic E-state index is 0.0806. The van der Waals surface area contributed by atoms with Gasteiger partial charge in [0.1, 0.15) is 5.75 Å². The Kier molecular flexibility index (Phi) is 3.41. The number of aliphatic hydroxyl groups is 1. The molecule has 0 amide bonds. The van der Waals surface area contributed by atoms with Crippen LogP contribution in [0.4, 0.5) is 0 Å². The lowest BCUT2D eigenvalue weighted by molar-refractivity contribution is 0.211. The summed E-state index contributed by atoms with van der Waals surface area (Å²) in [6, 6.07) is 6.43. The molecular formula is C16H24O2. The highest BCUT2D eigenvalue weighted by molar-refractivity contribution is 5.42. The van der Waals surface area contributed by atoms with E-state index >= 15 is 0 Å². The van der Waals surface area contributed by atoms with Crippen molar-refractivity contribution in [3.8, 4) is 5.75 Å². The summed E-state index contributed by atoms with van der Waals surface area (Å²) in [5.74, 6) is 0.958. The van der Waals surface area contributed by atoms with E-state index in [4.69, 9.17) is 4.74 Å². The number of ether oxygens (including phenoxy) is 1. The second-order valence-electron chi connectivity index (χ2n) is 6.62. The molecule has 18 heavy (non-hydrogen) atoms. The second kappa shape index (κ2) is 4.58. The zero-order valence-corrected chi connectivity index (χ0v) is 11.9. The summed E-state index contributed by atoms with van der Waals surface area (Å²) in [7, 11) is 1.72. The van der Waals surface area contributed by atoms with Crippen LogP contribution in [-0.2, 0) is 11.8 Å². The van der Waals surface area contributed by atoms with E-state index in [0.29, 0.717) is 6.61 Å². The first-order chi connectivity index (χ1) is 8.40. The molecule has 0 aromatic heterocycles. The molecule has 1 aliphatic carbocycles. The molecule has 0 aliphatic heterocycles. The van der Waals surface area contributed by atoms with Gasteiger partial charge in [-0.2, -0.15) is 0 Å². The van der Waals surface area contributed by atoms with Crippen LogP contribution in [0, 0.1) is 5.41 Å². The van der Waals surface area contributed by atoms with Crippen LogP contribution in [0.3, 0.4) is 0 Å². The van der Waals surface area contributed by atoms with Crippen molar-refractivity contribution in [3.05, 3.63) is 29.3 Å². The quantitative estimate of drug-likeness (QED) is 0.886. The van der Waals surface area contributed by atoms with Gasteiger partial charge in [-0.05, 0) is 47.3 Å². The third kappa shape index (κ3) is 2.69. The summed E-state index contributed by atoms with van der Waals surface area (Å²) >= 11 is 0. The maximum atomic E-state index is 9.42. The van der Waals surface area contributed by atoms with Crippen molar-refractivity contribution < 1.29 is 9.84 Å². The Labute approximate surface area is 110 Å². The highest BCUT2D eigenvalue weighted by Gasteiger charge is 2.41. The van der Waals surface area contributed by atoms with Gasteiger partial charge in [0.2, 0.25) is 0 Å². The molecule has 2 heteroatoms. The molecule has 0 atom stereocenters. The lowest BCUT2D eigenvalue weighted by atomic mass is 9.84. The normalized spacial score (nSPS) is 17.6. The Hall–Kier alpha value is -1.02. The number of rotatable bonds is 4.